The summed E-state index contributed by atoms with van der Waals surface area (Å²) in [6.07, 6.45) is -1.97. The molecule has 20 heavy (non-hydrogen) atoms. The van der Waals surface area contributed by atoms with E-state index >= 15 is 0 Å². The molecule has 0 saturated carbocycles. The average Bonchev–Trinajstić information content (AvgIpc) is 2.39. The Morgan fingerprint density at radius 1 is 1.25 bits per heavy atom. The molecule has 1 saturated heterocycles. The van der Waals surface area contributed by atoms with Crippen LogP contribution in [0, 0.1) is 0 Å². The van der Waals surface area contributed by atoms with Crippen molar-refractivity contribution in [2.45, 2.75) is 50.5 Å². The Kier molecular flexibility index (Phi) is 4.39. The number of hydrogen-bond donors (Lipinski definition) is 1. The van der Waals surface area contributed by atoms with E-state index in [9.17, 15) is 18.3 Å². The van der Waals surface area contributed by atoms with Gasteiger partial charge in [0.2, 0.25) is 0 Å². The van der Waals surface area contributed by atoms with Crippen LogP contribution in [0.2, 0.25) is 0 Å². The molecule has 1 heterocycles. The predicted octanol–water partition coefficient (Wildman–Crippen LogP) is 3.57. The minimum absolute atomic E-state index is 0.300. The SMILES string of the molecule is CC1(C(O)Cc2ccc(C(F)(F)F)cc2)CCCCO1. The summed E-state index contributed by atoms with van der Waals surface area (Å²) in [6, 6.07) is 4.93. The van der Waals surface area contributed by atoms with E-state index in [1.54, 1.807) is 0 Å². The fraction of sp³-hybridized carbons (Fsp3) is 0.600. The number of ether oxygens (including phenoxy) is 1. The summed E-state index contributed by atoms with van der Waals surface area (Å²) < 4.78 is 43.0. The van der Waals surface area contributed by atoms with Crippen LogP contribution >= 0.6 is 0 Å². The summed E-state index contributed by atoms with van der Waals surface area (Å²) in [6.45, 7) is 2.49. The van der Waals surface area contributed by atoms with Crippen molar-refractivity contribution < 1.29 is 23.0 Å². The quantitative estimate of drug-likeness (QED) is 0.921. The topological polar surface area (TPSA) is 29.5 Å². The molecule has 1 N–H and O–H groups in total. The van der Waals surface area contributed by atoms with Gasteiger partial charge in [-0.05, 0) is 43.9 Å². The van der Waals surface area contributed by atoms with Gasteiger partial charge in [-0.25, -0.2) is 0 Å². The van der Waals surface area contributed by atoms with Crippen LogP contribution in [-0.4, -0.2) is 23.4 Å². The Balaban J connectivity index is 2.02. The molecule has 1 aromatic carbocycles. The molecule has 0 amide bonds. The molecule has 0 radical (unpaired) electrons. The molecule has 2 rings (SSSR count). The van der Waals surface area contributed by atoms with Crippen LogP contribution in [0.25, 0.3) is 0 Å². The Morgan fingerprint density at radius 3 is 2.40 bits per heavy atom. The highest BCUT2D eigenvalue weighted by atomic mass is 19.4. The highest BCUT2D eigenvalue weighted by molar-refractivity contribution is 5.25. The standard InChI is InChI=1S/C15H19F3O2/c1-14(8-2-3-9-20-14)13(19)10-11-4-6-12(7-5-11)15(16,17)18/h4-7,13,19H,2-3,8-10H2,1H3. The van der Waals surface area contributed by atoms with Gasteiger partial charge in [-0.2, -0.15) is 13.2 Å². The van der Waals surface area contributed by atoms with Crippen molar-refractivity contribution >= 4 is 0 Å². The molecule has 0 bridgehead atoms. The van der Waals surface area contributed by atoms with Crippen LogP contribution in [0.4, 0.5) is 13.2 Å². The summed E-state index contributed by atoms with van der Waals surface area (Å²) in [5.74, 6) is 0. The second kappa shape index (κ2) is 5.74. The number of rotatable bonds is 3. The van der Waals surface area contributed by atoms with Crippen molar-refractivity contribution in [2.75, 3.05) is 6.61 Å². The first-order valence-corrected chi connectivity index (χ1v) is 6.79. The van der Waals surface area contributed by atoms with Crippen LogP contribution < -0.4 is 0 Å². The zero-order chi connectivity index (χ0) is 14.8. The summed E-state index contributed by atoms with van der Waals surface area (Å²) in [4.78, 5) is 0. The lowest BCUT2D eigenvalue weighted by Gasteiger charge is -2.38. The van der Waals surface area contributed by atoms with Gasteiger partial charge in [-0.3, -0.25) is 0 Å². The average molecular weight is 288 g/mol. The summed E-state index contributed by atoms with van der Waals surface area (Å²) >= 11 is 0. The van der Waals surface area contributed by atoms with Crippen LogP contribution in [-0.2, 0) is 17.3 Å². The zero-order valence-electron chi connectivity index (χ0n) is 11.4. The van der Waals surface area contributed by atoms with Gasteiger partial charge in [-0.15, -0.1) is 0 Å². The predicted molar refractivity (Wildman–Crippen MR) is 69.4 cm³/mol. The fourth-order valence-corrected chi connectivity index (χ4v) is 2.49. The second-order valence-corrected chi connectivity index (χ2v) is 5.53. The van der Waals surface area contributed by atoms with Gasteiger partial charge in [0, 0.05) is 13.0 Å². The van der Waals surface area contributed by atoms with Gasteiger partial charge in [-0.1, -0.05) is 12.1 Å². The molecule has 2 unspecified atom stereocenters. The molecular weight excluding hydrogens is 269 g/mol. The fourth-order valence-electron chi connectivity index (χ4n) is 2.49. The van der Waals surface area contributed by atoms with Crippen molar-refractivity contribution in [2.24, 2.45) is 0 Å². The maximum atomic E-state index is 12.5. The molecular formula is C15H19F3O2. The molecule has 0 aliphatic carbocycles. The lowest BCUT2D eigenvalue weighted by Crippen LogP contribution is -2.45. The highest BCUT2D eigenvalue weighted by Gasteiger charge is 2.36. The van der Waals surface area contributed by atoms with Crippen molar-refractivity contribution in [3.05, 3.63) is 35.4 Å². The molecule has 1 aliphatic heterocycles. The largest absolute Gasteiger partial charge is 0.416 e. The Morgan fingerprint density at radius 2 is 1.90 bits per heavy atom. The molecule has 112 valence electrons. The number of aliphatic hydroxyl groups excluding tert-OH is 1. The number of alkyl halides is 3. The van der Waals surface area contributed by atoms with E-state index in [1.807, 2.05) is 6.92 Å². The van der Waals surface area contributed by atoms with E-state index in [4.69, 9.17) is 4.74 Å². The first kappa shape index (κ1) is 15.3. The van der Waals surface area contributed by atoms with E-state index < -0.39 is 23.4 Å². The molecule has 0 aromatic heterocycles. The third-order valence-electron chi connectivity index (χ3n) is 3.91. The van der Waals surface area contributed by atoms with E-state index in [-0.39, 0.29) is 0 Å². The van der Waals surface area contributed by atoms with Crippen molar-refractivity contribution in [3.63, 3.8) is 0 Å². The second-order valence-electron chi connectivity index (χ2n) is 5.53. The molecule has 0 spiro atoms. The zero-order valence-corrected chi connectivity index (χ0v) is 11.4. The minimum Gasteiger partial charge on any atom is -0.390 e. The molecule has 2 nitrogen and oxygen atoms in total. The summed E-state index contributed by atoms with van der Waals surface area (Å²) in [7, 11) is 0. The molecule has 2 atom stereocenters. The maximum absolute atomic E-state index is 12.5. The third kappa shape index (κ3) is 3.52. The van der Waals surface area contributed by atoms with Gasteiger partial charge in [0.15, 0.2) is 0 Å². The Labute approximate surface area is 116 Å². The van der Waals surface area contributed by atoms with E-state index in [2.05, 4.69) is 0 Å². The molecule has 1 aromatic rings. The van der Waals surface area contributed by atoms with Crippen molar-refractivity contribution in [1.29, 1.82) is 0 Å². The Bertz CT molecular complexity index is 433. The lowest BCUT2D eigenvalue weighted by atomic mass is 9.86. The van der Waals surface area contributed by atoms with Crippen LogP contribution in [0.3, 0.4) is 0 Å². The maximum Gasteiger partial charge on any atom is 0.416 e. The normalized spacial score (nSPS) is 25.4. The number of hydrogen-bond acceptors (Lipinski definition) is 2. The first-order chi connectivity index (χ1) is 9.31. The van der Waals surface area contributed by atoms with Gasteiger partial charge < -0.3 is 9.84 Å². The number of halogens is 3. The van der Waals surface area contributed by atoms with Crippen LogP contribution in [0.1, 0.15) is 37.3 Å². The first-order valence-electron chi connectivity index (χ1n) is 6.79. The summed E-state index contributed by atoms with van der Waals surface area (Å²) in [5.41, 5.74) is -0.585. The minimum atomic E-state index is -4.32. The Hall–Kier alpha value is -1.07. The van der Waals surface area contributed by atoms with Crippen LogP contribution in [0.15, 0.2) is 24.3 Å². The summed E-state index contributed by atoms with van der Waals surface area (Å²) in [5, 5.41) is 10.3. The molecule has 1 aliphatic rings. The highest BCUT2D eigenvalue weighted by Crippen LogP contribution is 2.31. The van der Waals surface area contributed by atoms with E-state index in [1.165, 1.54) is 12.1 Å². The van der Waals surface area contributed by atoms with E-state index in [0.29, 0.717) is 18.6 Å². The molecule has 5 heteroatoms. The number of aliphatic hydroxyl groups is 1. The molecule has 1 fully saturated rings. The van der Waals surface area contributed by atoms with E-state index in [0.717, 1.165) is 31.4 Å². The van der Waals surface area contributed by atoms with Gasteiger partial charge >= 0.3 is 6.18 Å². The van der Waals surface area contributed by atoms with Crippen molar-refractivity contribution in [1.82, 2.24) is 0 Å². The van der Waals surface area contributed by atoms with Gasteiger partial charge in [0.05, 0.1) is 17.3 Å². The number of benzene rings is 1. The van der Waals surface area contributed by atoms with Gasteiger partial charge in [0.25, 0.3) is 0 Å². The van der Waals surface area contributed by atoms with Crippen molar-refractivity contribution in [3.8, 4) is 0 Å². The third-order valence-corrected chi connectivity index (χ3v) is 3.91. The monoisotopic (exact) mass is 288 g/mol. The smallest absolute Gasteiger partial charge is 0.390 e. The van der Waals surface area contributed by atoms with Gasteiger partial charge in [0.1, 0.15) is 0 Å². The lowest BCUT2D eigenvalue weighted by molar-refractivity contribution is -0.137. The van der Waals surface area contributed by atoms with Crippen LogP contribution in [0.5, 0.6) is 0 Å².